The maximum atomic E-state index is 13.1. The van der Waals surface area contributed by atoms with Crippen LogP contribution >= 0.6 is 0 Å². The second-order valence-electron chi connectivity index (χ2n) is 8.61. The lowest BCUT2D eigenvalue weighted by molar-refractivity contribution is -0.114. The van der Waals surface area contributed by atoms with Crippen molar-refractivity contribution in [2.75, 3.05) is 31.3 Å². The molecule has 0 saturated heterocycles. The zero-order valence-corrected chi connectivity index (χ0v) is 20.9. The average Bonchev–Trinajstić information content (AvgIpc) is 3.31. The molecule has 3 aromatic rings. The molecule has 1 aliphatic heterocycles. The minimum atomic E-state index is -0.302. The van der Waals surface area contributed by atoms with Crippen LogP contribution in [-0.4, -0.2) is 32.3 Å². The topological polar surface area (TPSA) is 71.8 Å². The number of para-hydroxylation sites is 1. The Hall–Kier alpha value is -4.24. The highest BCUT2D eigenvalue weighted by Gasteiger charge is 2.26. The molecule has 1 heterocycles. The molecule has 6 nitrogen and oxygen atoms in total. The smallest absolute Gasteiger partial charge is 0.268 e. The first-order valence-electron chi connectivity index (χ1n) is 12.1. The van der Waals surface area contributed by atoms with Crippen molar-refractivity contribution in [3.05, 3.63) is 88.5 Å². The summed E-state index contributed by atoms with van der Waals surface area (Å²) in [6.45, 7) is 7.72. The number of nitrogens with zero attached hydrogens (tertiary/aromatic N) is 2. The fourth-order valence-electron chi connectivity index (χ4n) is 4.27. The minimum absolute atomic E-state index is 0.0738. The van der Waals surface area contributed by atoms with Gasteiger partial charge < -0.3 is 19.1 Å². The van der Waals surface area contributed by atoms with Crippen molar-refractivity contribution < 1.29 is 19.0 Å². The van der Waals surface area contributed by atoms with Crippen molar-refractivity contribution in [1.82, 2.24) is 0 Å². The first kappa shape index (κ1) is 24.9. The number of hydrogen-bond donors (Lipinski definition) is 0. The second-order valence-corrected chi connectivity index (χ2v) is 8.61. The van der Waals surface area contributed by atoms with E-state index in [4.69, 9.17) is 14.2 Å². The molecule has 0 saturated carbocycles. The van der Waals surface area contributed by atoms with Crippen LogP contribution in [0.25, 0.3) is 6.08 Å². The summed E-state index contributed by atoms with van der Waals surface area (Å²) in [7, 11) is 0. The number of benzene rings is 3. The van der Waals surface area contributed by atoms with Crippen LogP contribution in [0.5, 0.6) is 17.2 Å². The van der Waals surface area contributed by atoms with E-state index in [0.29, 0.717) is 43.4 Å². The van der Waals surface area contributed by atoms with Gasteiger partial charge in [0.15, 0.2) is 11.5 Å². The van der Waals surface area contributed by atoms with E-state index in [-0.39, 0.29) is 11.5 Å². The van der Waals surface area contributed by atoms with Gasteiger partial charge in [-0.2, -0.15) is 5.26 Å². The van der Waals surface area contributed by atoms with Crippen molar-refractivity contribution in [3.63, 3.8) is 0 Å². The van der Waals surface area contributed by atoms with E-state index < -0.39 is 0 Å². The summed E-state index contributed by atoms with van der Waals surface area (Å²) in [5.41, 5.74) is 5.02. The highest BCUT2D eigenvalue weighted by atomic mass is 16.5. The van der Waals surface area contributed by atoms with Gasteiger partial charge in [-0.25, -0.2) is 0 Å². The Kier molecular flexibility index (Phi) is 7.92. The lowest BCUT2D eigenvalue weighted by Crippen LogP contribution is -2.29. The third-order valence-electron chi connectivity index (χ3n) is 5.99. The number of ether oxygens (including phenoxy) is 3. The summed E-state index contributed by atoms with van der Waals surface area (Å²) in [5.74, 6) is 1.67. The number of amides is 1. The monoisotopic (exact) mass is 482 g/mol. The molecule has 0 bridgehead atoms. The number of carbonyl (C=O) groups is 1. The van der Waals surface area contributed by atoms with Crippen molar-refractivity contribution >= 4 is 17.7 Å². The van der Waals surface area contributed by atoms with Crippen LogP contribution in [0.3, 0.4) is 0 Å². The van der Waals surface area contributed by atoms with Crippen LogP contribution in [-0.2, 0) is 11.2 Å². The molecule has 0 radical (unpaired) electrons. The quantitative estimate of drug-likeness (QED) is 0.224. The van der Waals surface area contributed by atoms with E-state index in [2.05, 4.69) is 19.1 Å². The number of hydrogen-bond acceptors (Lipinski definition) is 5. The standard InChI is InChI=1S/C30H30N2O4/c1-4-34-29-19-23(10-12-28(29)36-16-15-35-27-11-9-21(2)17-22(27)3)18-25(20-31)30(33)32-14-13-24-7-5-6-8-26(24)32/h5-12,17-19H,4,13-16H2,1-3H3/b25-18+. The fourth-order valence-corrected chi connectivity index (χ4v) is 4.27. The normalized spacial score (nSPS) is 12.6. The van der Waals surface area contributed by atoms with Crippen LogP contribution in [0.4, 0.5) is 5.69 Å². The highest BCUT2D eigenvalue weighted by Crippen LogP contribution is 2.31. The minimum Gasteiger partial charge on any atom is -0.490 e. The van der Waals surface area contributed by atoms with Crippen LogP contribution in [0, 0.1) is 25.2 Å². The third-order valence-corrected chi connectivity index (χ3v) is 5.99. The third kappa shape index (κ3) is 5.69. The van der Waals surface area contributed by atoms with Crippen LogP contribution < -0.4 is 19.1 Å². The average molecular weight is 483 g/mol. The number of fused-ring (bicyclic) bond motifs is 1. The number of anilines is 1. The molecule has 0 N–H and O–H groups in total. The molecule has 0 atom stereocenters. The predicted molar refractivity (Wildman–Crippen MR) is 141 cm³/mol. The summed E-state index contributed by atoms with van der Waals surface area (Å²) in [5, 5.41) is 9.73. The fraction of sp³-hybridized carbons (Fsp3) is 0.267. The first-order valence-corrected chi connectivity index (χ1v) is 12.1. The molecule has 184 valence electrons. The van der Waals surface area contributed by atoms with E-state index >= 15 is 0 Å². The molecule has 0 aliphatic carbocycles. The van der Waals surface area contributed by atoms with Crippen molar-refractivity contribution in [1.29, 1.82) is 5.26 Å². The van der Waals surface area contributed by atoms with Gasteiger partial charge in [-0.05, 0) is 74.2 Å². The molecule has 1 aliphatic rings. The summed E-state index contributed by atoms with van der Waals surface area (Å²) in [6.07, 6.45) is 2.38. The molecule has 0 spiro atoms. The lowest BCUT2D eigenvalue weighted by atomic mass is 10.1. The zero-order valence-electron chi connectivity index (χ0n) is 20.9. The van der Waals surface area contributed by atoms with Gasteiger partial charge in [0.2, 0.25) is 0 Å². The predicted octanol–water partition coefficient (Wildman–Crippen LogP) is 5.66. The number of nitriles is 1. The Morgan fingerprint density at radius 2 is 1.72 bits per heavy atom. The van der Waals surface area contributed by atoms with Gasteiger partial charge in [0.05, 0.1) is 6.61 Å². The molecule has 3 aromatic carbocycles. The molecule has 4 rings (SSSR count). The van der Waals surface area contributed by atoms with Crippen LogP contribution in [0.15, 0.2) is 66.2 Å². The second kappa shape index (κ2) is 11.5. The summed E-state index contributed by atoms with van der Waals surface area (Å²) in [4.78, 5) is 14.8. The van der Waals surface area contributed by atoms with Gasteiger partial charge in [0.1, 0.15) is 30.6 Å². The molecule has 0 unspecified atom stereocenters. The van der Waals surface area contributed by atoms with E-state index in [1.807, 2.05) is 56.3 Å². The van der Waals surface area contributed by atoms with Crippen LogP contribution in [0.1, 0.15) is 29.2 Å². The molecule has 36 heavy (non-hydrogen) atoms. The Morgan fingerprint density at radius 1 is 0.972 bits per heavy atom. The van der Waals surface area contributed by atoms with E-state index in [9.17, 15) is 10.1 Å². The zero-order chi connectivity index (χ0) is 25.5. The molecule has 0 fully saturated rings. The van der Waals surface area contributed by atoms with Gasteiger partial charge in [0.25, 0.3) is 5.91 Å². The summed E-state index contributed by atoms with van der Waals surface area (Å²) >= 11 is 0. The largest absolute Gasteiger partial charge is 0.490 e. The molecule has 6 heteroatoms. The van der Waals surface area contributed by atoms with E-state index in [0.717, 1.165) is 29.0 Å². The van der Waals surface area contributed by atoms with Gasteiger partial charge >= 0.3 is 0 Å². The maximum absolute atomic E-state index is 13.1. The number of carbonyl (C=O) groups excluding carboxylic acids is 1. The lowest BCUT2D eigenvalue weighted by Gasteiger charge is -2.17. The molecular formula is C30H30N2O4. The van der Waals surface area contributed by atoms with E-state index in [1.165, 1.54) is 5.56 Å². The Balaban J connectivity index is 1.44. The Labute approximate surface area is 212 Å². The van der Waals surface area contributed by atoms with Crippen molar-refractivity contribution in [2.24, 2.45) is 0 Å². The highest BCUT2D eigenvalue weighted by molar-refractivity contribution is 6.12. The number of rotatable bonds is 9. The molecule has 1 amide bonds. The summed E-state index contributed by atoms with van der Waals surface area (Å²) in [6, 6.07) is 21.3. The van der Waals surface area contributed by atoms with Gasteiger partial charge in [-0.15, -0.1) is 0 Å². The van der Waals surface area contributed by atoms with Gasteiger partial charge in [-0.3, -0.25) is 4.79 Å². The first-order chi connectivity index (χ1) is 17.5. The molecular weight excluding hydrogens is 452 g/mol. The maximum Gasteiger partial charge on any atom is 0.268 e. The van der Waals surface area contributed by atoms with Crippen molar-refractivity contribution in [2.45, 2.75) is 27.2 Å². The van der Waals surface area contributed by atoms with E-state index in [1.54, 1.807) is 23.1 Å². The Bertz CT molecular complexity index is 1320. The Morgan fingerprint density at radius 3 is 2.47 bits per heavy atom. The molecule has 0 aromatic heterocycles. The SMILES string of the molecule is CCOc1cc(/C=C(\C#N)C(=O)N2CCc3ccccc32)ccc1OCCOc1ccc(C)cc1C. The number of aryl methyl sites for hydroxylation is 2. The van der Waals surface area contributed by atoms with Gasteiger partial charge in [0, 0.05) is 12.2 Å². The van der Waals surface area contributed by atoms with Gasteiger partial charge in [-0.1, -0.05) is 42.0 Å². The summed E-state index contributed by atoms with van der Waals surface area (Å²) < 4.78 is 17.5. The van der Waals surface area contributed by atoms with Crippen LogP contribution in [0.2, 0.25) is 0 Å². The van der Waals surface area contributed by atoms with Crippen molar-refractivity contribution in [3.8, 4) is 23.3 Å².